The zero-order valence-electron chi connectivity index (χ0n) is 12.5. The van der Waals surface area contributed by atoms with E-state index in [2.05, 4.69) is 23.4 Å². The summed E-state index contributed by atoms with van der Waals surface area (Å²) in [6, 6.07) is 10.1. The van der Waals surface area contributed by atoms with Gasteiger partial charge >= 0.3 is 0 Å². The summed E-state index contributed by atoms with van der Waals surface area (Å²) >= 11 is 0. The number of hydrazine groups is 1. The molecule has 21 heavy (non-hydrogen) atoms. The molecule has 4 heteroatoms. The number of aromatic nitrogens is 1. The first kappa shape index (κ1) is 14.0. The van der Waals surface area contributed by atoms with E-state index in [4.69, 9.17) is 10.6 Å². The van der Waals surface area contributed by atoms with Gasteiger partial charge in [-0.05, 0) is 55.5 Å². The van der Waals surface area contributed by atoms with Crippen molar-refractivity contribution in [2.75, 3.05) is 0 Å². The van der Waals surface area contributed by atoms with Gasteiger partial charge in [0, 0.05) is 6.20 Å². The maximum absolute atomic E-state index is 5.77. The molecule has 0 spiro atoms. The van der Waals surface area contributed by atoms with Crippen LogP contribution in [0.3, 0.4) is 0 Å². The summed E-state index contributed by atoms with van der Waals surface area (Å²) in [5.41, 5.74) is 7.19. The second-order valence-electron chi connectivity index (χ2n) is 5.70. The second kappa shape index (κ2) is 5.84. The maximum Gasteiger partial charge on any atom is 0.119 e. The molecule has 0 saturated heterocycles. The topological polar surface area (TPSA) is 60.2 Å². The van der Waals surface area contributed by atoms with E-state index in [0.29, 0.717) is 6.10 Å². The molecule has 1 atom stereocenters. The molecular formula is C17H21N3O. The van der Waals surface area contributed by atoms with Crippen LogP contribution in [0.5, 0.6) is 5.75 Å². The minimum Gasteiger partial charge on any atom is -0.490 e. The molecule has 1 fully saturated rings. The molecule has 1 aromatic heterocycles. The summed E-state index contributed by atoms with van der Waals surface area (Å²) in [5, 5.41) is 0. The molecule has 1 heterocycles. The Morgan fingerprint density at radius 1 is 1.24 bits per heavy atom. The fourth-order valence-corrected chi connectivity index (χ4v) is 2.48. The number of aryl methyl sites for hydroxylation is 2. The average molecular weight is 283 g/mol. The Kier molecular flexibility index (Phi) is 3.90. The molecule has 0 aliphatic heterocycles. The highest BCUT2D eigenvalue weighted by molar-refractivity contribution is 5.36. The number of hydrogen-bond donors (Lipinski definition) is 2. The Morgan fingerprint density at radius 3 is 2.52 bits per heavy atom. The highest BCUT2D eigenvalue weighted by Gasteiger charge is 2.23. The lowest BCUT2D eigenvalue weighted by Crippen LogP contribution is -2.30. The number of hydrogen-bond acceptors (Lipinski definition) is 4. The number of benzene rings is 1. The van der Waals surface area contributed by atoms with Crippen molar-refractivity contribution < 1.29 is 4.74 Å². The highest BCUT2D eigenvalue weighted by Crippen LogP contribution is 2.29. The number of rotatable bonds is 5. The third-order valence-electron chi connectivity index (χ3n) is 3.74. The maximum atomic E-state index is 5.77. The number of nitrogens with two attached hydrogens (primary N) is 1. The first-order chi connectivity index (χ1) is 10.2. The minimum absolute atomic E-state index is 0.111. The van der Waals surface area contributed by atoms with Gasteiger partial charge in [0.05, 0.1) is 17.8 Å². The molecule has 1 aliphatic rings. The van der Waals surface area contributed by atoms with Crippen molar-refractivity contribution in [2.24, 2.45) is 5.84 Å². The predicted octanol–water partition coefficient (Wildman–Crippen LogP) is 2.79. The predicted molar refractivity (Wildman–Crippen MR) is 83.0 cm³/mol. The lowest BCUT2D eigenvalue weighted by Gasteiger charge is -2.18. The largest absolute Gasteiger partial charge is 0.490 e. The van der Waals surface area contributed by atoms with Crippen LogP contribution in [-0.2, 0) is 0 Å². The van der Waals surface area contributed by atoms with Crippen LogP contribution in [-0.4, -0.2) is 11.1 Å². The zero-order chi connectivity index (χ0) is 14.8. The molecule has 0 bridgehead atoms. The molecule has 2 aromatic rings. The van der Waals surface area contributed by atoms with Crippen LogP contribution in [0.15, 0.2) is 36.5 Å². The van der Waals surface area contributed by atoms with E-state index in [9.17, 15) is 0 Å². The van der Waals surface area contributed by atoms with Gasteiger partial charge in [0.1, 0.15) is 5.75 Å². The Morgan fingerprint density at radius 2 is 1.95 bits per heavy atom. The lowest BCUT2D eigenvalue weighted by molar-refractivity contribution is 0.303. The summed E-state index contributed by atoms with van der Waals surface area (Å²) in [5.74, 6) is 6.67. The molecule has 1 aliphatic carbocycles. The van der Waals surface area contributed by atoms with E-state index in [0.717, 1.165) is 28.1 Å². The van der Waals surface area contributed by atoms with Gasteiger partial charge in [0.15, 0.2) is 0 Å². The van der Waals surface area contributed by atoms with Gasteiger partial charge in [-0.15, -0.1) is 0 Å². The van der Waals surface area contributed by atoms with E-state index in [-0.39, 0.29) is 6.04 Å². The number of ether oxygens (including phenoxy) is 1. The fourth-order valence-electron chi connectivity index (χ4n) is 2.48. The van der Waals surface area contributed by atoms with Gasteiger partial charge in [-0.3, -0.25) is 10.8 Å². The van der Waals surface area contributed by atoms with Crippen molar-refractivity contribution in [3.63, 3.8) is 0 Å². The van der Waals surface area contributed by atoms with Gasteiger partial charge in [-0.2, -0.15) is 0 Å². The molecule has 1 unspecified atom stereocenters. The molecule has 1 saturated carbocycles. The van der Waals surface area contributed by atoms with Crippen molar-refractivity contribution in [1.29, 1.82) is 0 Å². The first-order valence-corrected chi connectivity index (χ1v) is 7.33. The van der Waals surface area contributed by atoms with Crippen LogP contribution >= 0.6 is 0 Å². The lowest BCUT2D eigenvalue weighted by atomic mass is 9.99. The van der Waals surface area contributed by atoms with Crippen molar-refractivity contribution in [2.45, 2.75) is 38.8 Å². The summed E-state index contributed by atoms with van der Waals surface area (Å²) < 4.78 is 5.77. The standard InChI is InChI=1S/C17H21N3O/c1-11-9-12(2)16(19-10-11)17(20-18)13-3-5-14(6-4-13)21-15-7-8-15/h3-6,9-10,15,17,20H,7-8,18H2,1-2H3. The van der Waals surface area contributed by atoms with Crippen LogP contribution in [0.2, 0.25) is 0 Å². The van der Waals surface area contributed by atoms with Crippen molar-refractivity contribution in [3.05, 3.63) is 58.9 Å². The quantitative estimate of drug-likeness (QED) is 0.654. The summed E-state index contributed by atoms with van der Waals surface area (Å²) in [4.78, 5) is 4.53. The summed E-state index contributed by atoms with van der Waals surface area (Å²) in [6.07, 6.45) is 4.62. The van der Waals surface area contributed by atoms with Crippen LogP contribution in [0.4, 0.5) is 0 Å². The third kappa shape index (κ3) is 3.23. The Balaban J connectivity index is 1.84. The van der Waals surface area contributed by atoms with Gasteiger partial charge < -0.3 is 4.74 Å². The van der Waals surface area contributed by atoms with E-state index in [1.807, 2.05) is 37.4 Å². The van der Waals surface area contributed by atoms with Crippen LogP contribution in [0, 0.1) is 13.8 Å². The molecule has 0 radical (unpaired) electrons. The fraction of sp³-hybridized carbons (Fsp3) is 0.353. The van der Waals surface area contributed by atoms with Gasteiger partial charge in [-0.25, -0.2) is 5.43 Å². The number of nitrogens with one attached hydrogen (secondary N) is 1. The SMILES string of the molecule is Cc1cnc(C(NN)c2ccc(OC3CC3)cc2)c(C)c1. The smallest absolute Gasteiger partial charge is 0.119 e. The first-order valence-electron chi connectivity index (χ1n) is 7.33. The Hall–Kier alpha value is -1.91. The molecule has 0 amide bonds. The zero-order valence-corrected chi connectivity index (χ0v) is 12.5. The van der Waals surface area contributed by atoms with Gasteiger partial charge in [0.25, 0.3) is 0 Å². The molecule has 110 valence electrons. The van der Waals surface area contributed by atoms with E-state index < -0.39 is 0 Å². The number of nitrogens with zero attached hydrogens (tertiary/aromatic N) is 1. The van der Waals surface area contributed by atoms with Crippen LogP contribution in [0.1, 0.15) is 41.3 Å². The monoisotopic (exact) mass is 283 g/mol. The minimum atomic E-state index is -0.111. The molecule has 4 nitrogen and oxygen atoms in total. The third-order valence-corrected chi connectivity index (χ3v) is 3.74. The Bertz CT molecular complexity index is 620. The number of pyridine rings is 1. The molecule has 3 rings (SSSR count). The van der Waals surface area contributed by atoms with Gasteiger partial charge in [-0.1, -0.05) is 18.2 Å². The molecule has 3 N–H and O–H groups in total. The van der Waals surface area contributed by atoms with E-state index in [1.54, 1.807) is 0 Å². The van der Waals surface area contributed by atoms with Crippen molar-refractivity contribution in [1.82, 2.24) is 10.4 Å². The van der Waals surface area contributed by atoms with E-state index >= 15 is 0 Å². The molecular weight excluding hydrogens is 262 g/mol. The molecule has 1 aromatic carbocycles. The summed E-state index contributed by atoms with van der Waals surface area (Å²) in [7, 11) is 0. The Labute approximate surface area is 125 Å². The van der Waals surface area contributed by atoms with Gasteiger partial charge in [0.2, 0.25) is 0 Å². The van der Waals surface area contributed by atoms with Crippen molar-refractivity contribution in [3.8, 4) is 5.75 Å². The summed E-state index contributed by atoms with van der Waals surface area (Å²) in [6.45, 7) is 4.10. The van der Waals surface area contributed by atoms with Crippen LogP contribution in [0.25, 0.3) is 0 Å². The highest BCUT2D eigenvalue weighted by atomic mass is 16.5. The normalized spacial score (nSPS) is 15.8. The second-order valence-corrected chi connectivity index (χ2v) is 5.70. The van der Waals surface area contributed by atoms with Crippen LogP contribution < -0.4 is 16.0 Å². The van der Waals surface area contributed by atoms with E-state index in [1.165, 1.54) is 12.8 Å². The average Bonchev–Trinajstić information content (AvgIpc) is 3.27. The van der Waals surface area contributed by atoms with Crippen molar-refractivity contribution >= 4 is 0 Å².